The highest BCUT2D eigenvalue weighted by Gasteiger charge is 2.19. The van der Waals surface area contributed by atoms with Gasteiger partial charge in [0.2, 0.25) is 0 Å². The maximum atomic E-state index is 12.5. The second-order valence-electron chi connectivity index (χ2n) is 3.99. The van der Waals surface area contributed by atoms with Crippen LogP contribution >= 0.6 is 11.6 Å². The highest BCUT2D eigenvalue weighted by molar-refractivity contribution is 7.90. The van der Waals surface area contributed by atoms with Crippen molar-refractivity contribution in [3.63, 3.8) is 0 Å². The first-order valence-electron chi connectivity index (χ1n) is 5.51. The Bertz CT molecular complexity index is 842. The summed E-state index contributed by atoms with van der Waals surface area (Å²) in [7, 11) is -3.64. The third-order valence-corrected chi connectivity index (χ3v) is 4.88. The van der Waals surface area contributed by atoms with Crippen LogP contribution in [0.4, 0.5) is 0 Å². The van der Waals surface area contributed by atoms with E-state index in [1.54, 1.807) is 24.3 Å². The zero-order valence-electron chi connectivity index (χ0n) is 9.69. The van der Waals surface area contributed by atoms with Crippen LogP contribution in [0.3, 0.4) is 0 Å². The number of hydrogen-bond donors (Lipinski definition) is 0. The van der Waals surface area contributed by atoms with Crippen molar-refractivity contribution in [2.75, 3.05) is 0 Å². The molecule has 1 aromatic heterocycles. The molecule has 0 aliphatic rings. The minimum absolute atomic E-state index is 0.213. The summed E-state index contributed by atoms with van der Waals surface area (Å²) in [6.45, 7) is 0. The Morgan fingerprint density at radius 1 is 1.05 bits per heavy atom. The van der Waals surface area contributed by atoms with Gasteiger partial charge in [0, 0.05) is 28.2 Å². The van der Waals surface area contributed by atoms with Crippen LogP contribution in [0.5, 0.6) is 0 Å². The molecule has 0 bridgehead atoms. The van der Waals surface area contributed by atoms with Crippen molar-refractivity contribution in [1.82, 2.24) is 8.96 Å². The summed E-state index contributed by atoms with van der Waals surface area (Å²) in [5, 5.41) is 1.84. The highest BCUT2D eigenvalue weighted by Crippen LogP contribution is 2.30. The molecule has 0 saturated carbocycles. The topological polar surface area (TPSA) is 52.0 Å². The molecule has 3 rings (SSSR count). The molecule has 96 valence electrons. The summed E-state index contributed by atoms with van der Waals surface area (Å²) in [5.41, 5.74) is 0. The van der Waals surface area contributed by atoms with Gasteiger partial charge in [0.15, 0.2) is 0 Å². The van der Waals surface area contributed by atoms with E-state index in [-0.39, 0.29) is 4.90 Å². The predicted molar refractivity (Wildman–Crippen MR) is 73.8 cm³/mol. The molecule has 4 nitrogen and oxygen atoms in total. The largest absolute Gasteiger partial charge is 0.269 e. The van der Waals surface area contributed by atoms with Crippen LogP contribution in [-0.2, 0) is 10.0 Å². The summed E-state index contributed by atoms with van der Waals surface area (Å²) >= 11 is 6.09. The predicted octanol–water partition coefficient (Wildman–Crippen LogP) is 2.93. The second-order valence-corrected chi connectivity index (χ2v) is 6.21. The smallest absolute Gasteiger partial charge is 0.244 e. The van der Waals surface area contributed by atoms with Gasteiger partial charge in [-0.25, -0.2) is 17.4 Å². The Kier molecular flexibility index (Phi) is 2.80. The maximum Gasteiger partial charge on any atom is 0.269 e. The minimum Gasteiger partial charge on any atom is -0.244 e. The average Bonchev–Trinajstić information content (AvgIpc) is 2.94. The summed E-state index contributed by atoms with van der Waals surface area (Å²) in [6, 6.07) is 10.2. The molecule has 6 heteroatoms. The molecule has 0 radical (unpaired) electrons. The fourth-order valence-electron chi connectivity index (χ4n) is 1.96. The number of hydrogen-bond acceptors (Lipinski definition) is 3. The summed E-state index contributed by atoms with van der Waals surface area (Å²) < 4.78 is 26.1. The Morgan fingerprint density at radius 3 is 2.47 bits per heavy atom. The van der Waals surface area contributed by atoms with Crippen molar-refractivity contribution < 1.29 is 8.42 Å². The second kappa shape index (κ2) is 4.36. The van der Waals surface area contributed by atoms with Crippen molar-refractivity contribution in [2.24, 2.45) is 0 Å². The molecule has 3 aromatic rings. The molecule has 0 aliphatic heterocycles. The first-order chi connectivity index (χ1) is 9.10. The van der Waals surface area contributed by atoms with Crippen molar-refractivity contribution in [1.29, 1.82) is 0 Å². The molecule has 0 amide bonds. The standard InChI is InChI=1S/C13H9ClN2O2S/c14-12-5-6-13(11-4-2-1-3-10(11)12)19(17,18)16-8-7-15-9-16/h1-9H. The number of benzene rings is 2. The van der Waals surface area contributed by atoms with Crippen molar-refractivity contribution in [3.05, 3.63) is 60.1 Å². The normalized spacial score (nSPS) is 11.8. The van der Waals surface area contributed by atoms with E-state index in [9.17, 15) is 8.42 Å². The van der Waals surface area contributed by atoms with E-state index in [0.29, 0.717) is 15.8 Å². The van der Waals surface area contributed by atoms with Gasteiger partial charge >= 0.3 is 0 Å². The van der Waals surface area contributed by atoms with Gasteiger partial charge in [0.1, 0.15) is 6.33 Å². The number of fused-ring (bicyclic) bond motifs is 1. The van der Waals surface area contributed by atoms with Gasteiger partial charge in [-0.15, -0.1) is 0 Å². The van der Waals surface area contributed by atoms with Crippen LogP contribution in [0.25, 0.3) is 10.8 Å². The van der Waals surface area contributed by atoms with Crippen LogP contribution in [0.15, 0.2) is 60.0 Å². The van der Waals surface area contributed by atoms with E-state index in [2.05, 4.69) is 4.98 Å². The average molecular weight is 293 g/mol. The van der Waals surface area contributed by atoms with E-state index in [1.807, 2.05) is 6.07 Å². The van der Waals surface area contributed by atoms with E-state index >= 15 is 0 Å². The molecular weight excluding hydrogens is 284 g/mol. The molecule has 1 heterocycles. The lowest BCUT2D eigenvalue weighted by atomic mass is 10.1. The Labute approximate surface area is 115 Å². The molecule has 0 N–H and O–H groups in total. The molecule has 19 heavy (non-hydrogen) atoms. The summed E-state index contributed by atoms with van der Waals surface area (Å²) in [4.78, 5) is 3.98. The zero-order valence-corrected chi connectivity index (χ0v) is 11.3. The third kappa shape index (κ3) is 1.91. The Morgan fingerprint density at radius 2 is 1.79 bits per heavy atom. The SMILES string of the molecule is O=S(=O)(c1ccc(Cl)c2ccccc12)n1ccnc1. The molecule has 0 spiro atoms. The lowest BCUT2D eigenvalue weighted by molar-refractivity contribution is 0.588. The number of aromatic nitrogens is 2. The van der Waals surface area contributed by atoms with Crippen LogP contribution in [-0.4, -0.2) is 17.4 Å². The van der Waals surface area contributed by atoms with Crippen LogP contribution in [0.2, 0.25) is 5.02 Å². The molecule has 0 saturated heterocycles. The van der Waals surface area contributed by atoms with E-state index < -0.39 is 10.0 Å². The van der Waals surface area contributed by atoms with Gasteiger partial charge in [-0.1, -0.05) is 35.9 Å². The molecule has 0 fully saturated rings. The van der Waals surface area contributed by atoms with Crippen LogP contribution in [0, 0.1) is 0 Å². The van der Waals surface area contributed by atoms with Gasteiger partial charge in [-0.3, -0.25) is 0 Å². The first kappa shape index (κ1) is 12.2. The molecular formula is C13H9ClN2O2S. The lowest BCUT2D eigenvalue weighted by Gasteiger charge is -2.09. The van der Waals surface area contributed by atoms with Crippen LogP contribution in [0.1, 0.15) is 0 Å². The van der Waals surface area contributed by atoms with Gasteiger partial charge in [-0.05, 0) is 12.1 Å². The van der Waals surface area contributed by atoms with Gasteiger partial charge in [0.25, 0.3) is 10.0 Å². The van der Waals surface area contributed by atoms with E-state index in [1.165, 1.54) is 24.8 Å². The number of imidazole rings is 1. The van der Waals surface area contributed by atoms with E-state index in [0.717, 1.165) is 3.97 Å². The maximum absolute atomic E-state index is 12.5. The fourth-order valence-corrected chi connectivity index (χ4v) is 3.51. The Balaban J connectivity index is 2.36. The van der Waals surface area contributed by atoms with Gasteiger partial charge in [0.05, 0.1) is 4.90 Å². The molecule has 0 atom stereocenters. The molecule has 0 aliphatic carbocycles. The van der Waals surface area contributed by atoms with E-state index in [4.69, 9.17) is 11.6 Å². The fraction of sp³-hybridized carbons (Fsp3) is 0. The molecule has 0 unspecified atom stereocenters. The highest BCUT2D eigenvalue weighted by atomic mass is 35.5. The number of nitrogens with zero attached hydrogens (tertiary/aromatic N) is 2. The van der Waals surface area contributed by atoms with Crippen molar-refractivity contribution in [2.45, 2.75) is 4.90 Å². The Hall–Kier alpha value is -1.85. The van der Waals surface area contributed by atoms with Gasteiger partial charge in [-0.2, -0.15) is 0 Å². The summed E-state index contributed by atoms with van der Waals surface area (Å²) in [5.74, 6) is 0. The first-order valence-corrected chi connectivity index (χ1v) is 7.33. The number of halogens is 1. The monoisotopic (exact) mass is 292 g/mol. The van der Waals surface area contributed by atoms with Crippen molar-refractivity contribution >= 4 is 32.4 Å². The molecule has 2 aromatic carbocycles. The third-order valence-electron chi connectivity index (χ3n) is 2.87. The van der Waals surface area contributed by atoms with Crippen LogP contribution < -0.4 is 0 Å². The van der Waals surface area contributed by atoms with Gasteiger partial charge < -0.3 is 0 Å². The quantitative estimate of drug-likeness (QED) is 0.730. The minimum atomic E-state index is -3.64. The van der Waals surface area contributed by atoms with Crippen molar-refractivity contribution in [3.8, 4) is 0 Å². The lowest BCUT2D eigenvalue weighted by Crippen LogP contribution is -2.11. The number of rotatable bonds is 2. The zero-order chi connectivity index (χ0) is 13.5. The summed E-state index contributed by atoms with van der Waals surface area (Å²) in [6.07, 6.45) is 4.09.